The molecule has 1 aromatic heterocycles. The lowest BCUT2D eigenvalue weighted by molar-refractivity contribution is -0.117. The lowest BCUT2D eigenvalue weighted by Gasteiger charge is -2.22. The number of anilines is 1. The average molecular weight is 442 g/mol. The predicted octanol–water partition coefficient (Wildman–Crippen LogP) is 4.51. The van der Waals surface area contributed by atoms with E-state index in [2.05, 4.69) is 6.07 Å². The van der Waals surface area contributed by atoms with Crippen molar-refractivity contribution in [1.29, 1.82) is 0 Å². The summed E-state index contributed by atoms with van der Waals surface area (Å²) in [6.45, 7) is 2.99. The maximum absolute atomic E-state index is 13.3. The maximum Gasteiger partial charge on any atom is 0.262 e. The van der Waals surface area contributed by atoms with Crippen LogP contribution in [0.1, 0.15) is 18.1 Å². The van der Waals surface area contributed by atoms with Gasteiger partial charge in [-0.25, -0.2) is 4.98 Å². The number of hydrogen-bond acceptors (Lipinski definition) is 4. The van der Waals surface area contributed by atoms with Crippen molar-refractivity contribution in [1.82, 2.24) is 9.55 Å². The van der Waals surface area contributed by atoms with Gasteiger partial charge in [0.25, 0.3) is 5.56 Å². The molecule has 4 aromatic rings. The number of fused-ring (bicyclic) bond motifs is 2. The minimum atomic E-state index is -0.378. The van der Waals surface area contributed by atoms with Crippen molar-refractivity contribution in [2.24, 2.45) is 0 Å². The van der Waals surface area contributed by atoms with E-state index < -0.39 is 0 Å². The lowest BCUT2D eigenvalue weighted by atomic mass is 10.2. The van der Waals surface area contributed by atoms with Crippen LogP contribution in [0.3, 0.4) is 0 Å². The summed E-state index contributed by atoms with van der Waals surface area (Å²) in [4.78, 5) is 33.3. The number of para-hydroxylation sites is 2. The van der Waals surface area contributed by atoms with Crippen molar-refractivity contribution in [3.05, 3.63) is 100 Å². The Bertz CT molecular complexity index is 1350. The first kappa shape index (κ1) is 20.5. The number of amides is 1. The van der Waals surface area contributed by atoms with E-state index >= 15 is 0 Å². The molecule has 1 aliphatic heterocycles. The molecule has 1 atom stereocenters. The van der Waals surface area contributed by atoms with Gasteiger partial charge in [-0.3, -0.25) is 14.2 Å². The van der Waals surface area contributed by atoms with Crippen LogP contribution >= 0.6 is 11.8 Å². The number of carbonyl (C=O) groups is 1. The molecular weight excluding hydrogens is 418 g/mol. The molecule has 0 radical (unpaired) electrons. The Labute approximate surface area is 190 Å². The van der Waals surface area contributed by atoms with Gasteiger partial charge in [-0.15, -0.1) is 0 Å². The highest BCUT2D eigenvalue weighted by Crippen LogP contribution is 2.31. The molecule has 0 aliphatic carbocycles. The smallest absolute Gasteiger partial charge is 0.262 e. The molecule has 0 N–H and O–H groups in total. The summed E-state index contributed by atoms with van der Waals surface area (Å²) in [5.74, 6) is 0.0358. The van der Waals surface area contributed by atoms with Gasteiger partial charge in [0.1, 0.15) is 0 Å². The number of nitrogens with zero attached hydrogens (tertiary/aromatic N) is 3. The molecule has 0 spiro atoms. The topological polar surface area (TPSA) is 55.2 Å². The van der Waals surface area contributed by atoms with Gasteiger partial charge in [0, 0.05) is 12.2 Å². The molecule has 32 heavy (non-hydrogen) atoms. The lowest BCUT2D eigenvalue weighted by Crippen LogP contribution is -2.35. The fourth-order valence-electron chi connectivity index (χ4n) is 4.14. The first-order chi connectivity index (χ1) is 15.6. The van der Waals surface area contributed by atoms with Crippen molar-refractivity contribution < 1.29 is 4.79 Å². The molecule has 3 aromatic carbocycles. The minimum Gasteiger partial charge on any atom is -0.311 e. The molecule has 160 valence electrons. The SMILES string of the molecule is CC(Sc1nc2ccccc2c(=O)n1Cc1ccccc1)C(=O)N1CCc2ccccc21. The van der Waals surface area contributed by atoms with Gasteiger partial charge >= 0.3 is 0 Å². The van der Waals surface area contributed by atoms with Gasteiger partial charge in [0.15, 0.2) is 5.16 Å². The van der Waals surface area contributed by atoms with Crippen molar-refractivity contribution in [2.45, 2.75) is 30.3 Å². The third kappa shape index (κ3) is 3.82. The quantitative estimate of drug-likeness (QED) is 0.338. The van der Waals surface area contributed by atoms with E-state index in [0.29, 0.717) is 29.1 Å². The number of benzene rings is 3. The van der Waals surface area contributed by atoms with Gasteiger partial charge in [-0.1, -0.05) is 72.4 Å². The Morgan fingerprint density at radius 2 is 1.72 bits per heavy atom. The number of hydrogen-bond donors (Lipinski definition) is 0. The summed E-state index contributed by atoms with van der Waals surface area (Å²) in [5.41, 5.74) is 3.76. The number of thioether (sulfide) groups is 1. The molecular formula is C26H23N3O2S. The number of carbonyl (C=O) groups excluding carboxylic acids is 1. The zero-order valence-corrected chi connectivity index (χ0v) is 18.6. The van der Waals surface area contributed by atoms with E-state index in [-0.39, 0.29) is 16.7 Å². The van der Waals surface area contributed by atoms with Crippen molar-refractivity contribution in [2.75, 3.05) is 11.4 Å². The van der Waals surface area contributed by atoms with E-state index in [1.807, 2.05) is 78.6 Å². The summed E-state index contributed by atoms with van der Waals surface area (Å²) in [7, 11) is 0. The normalized spacial score (nSPS) is 13.8. The molecule has 0 bridgehead atoms. The maximum atomic E-state index is 13.3. The van der Waals surface area contributed by atoms with Gasteiger partial charge in [-0.05, 0) is 42.7 Å². The van der Waals surface area contributed by atoms with E-state index in [0.717, 1.165) is 17.7 Å². The Balaban J connectivity index is 1.49. The zero-order chi connectivity index (χ0) is 22.1. The fraction of sp³-hybridized carbons (Fsp3) is 0.192. The molecule has 1 unspecified atom stereocenters. The van der Waals surface area contributed by atoms with Crippen LogP contribution in [0.4, 0.5) is 5.69 Å². The first-order valence-corrected chi connectivity index (χ1v) is 11.6. The molecule has 1 aliphatic rings. The van der Waals surface area contributed by atoms with E-state index in [1.54, 1.807) is 10.6 Å². The highest BCUT2D eigenvalue weighted by molar-refractivity contribution is 8.00. The van der Waals surface area contributed by atoms with Crippen LogP contribution < -0.4 is 10.5 Å². The second-order valence-electron chi connectivity index (χ2n) is 7.92. The van der Waals surface area contributed by atoms with Crippen LogP contribution in [0.25, 0.3) is 10.9 Å². The second-order valence-corrected chi connectivity index (χ2v) is 9.23. The van der Waals surface area contributed by atoms with Crippen LogP contribution in [0.2, 0.25) is 0 Å². The van der Waals surface area contributed by atoms with Gasteiger partial charge in [0.05, 0.1) is 22.7 Å². The Morgan fingerprint density at radius 3 is 2.56 bits per heavy atom. The molecule has 2 heterocycles. The molecule has 0 saturated carbocycles. The Kier molecular flexibility index (Phi) is 5.53. The minimum absolute atomic E-state index is 0.0358. The standard InChI is InChI=1S/C26H23N3O2S/c1-18(24(30)28-16-15-20-11-5-8-14-23(20)28)32-26-27-22-13-7-6-12-21(22)25(31)29(26)17-19-9-3-2-4-10-19/h2-14,18H,15-17H2,1H3. The third-order valence-corrected chi connectivity index (χ3v) is 6.87. The summed E-state index contributed by atoms with van der Waals surface area (Å²) in [6, 6.07) is 25.3. The van der Waals surface area contributed by atoms with Crippen molar-refractivity contribution in [3.63, 3.8) is 0 Å². The monoisotopic (exact) mass is 441 g/mol. The van der Waals surface area contributed by atoms with E-state index in [9.17, 15) is 9.59 Å². The average Bonchev–Trinajstić information content (AvgIpc) is 3.26. The first-order valence-electron chi connectivity index (χ1n) is 10.7. The van der Waals surface area contributed by atoms with Gasteiger partial charge in [0.2, 0.25) is 5.91 Å². The predicted molar refractivity (Wildman–Crippen MR) is 129 cm³/mol. The third-order valence-electron chi connectivity index (χ3n) is 5.79. The van der Waals surface area contributed by atoms with Crippen molar-refractivity contribution >= 4 is 34.3 Å². The molecule has 1 amide bonds. The molecule has 5 rings (SSSR count). The summed E-state index contributed by atoms with van der Waals surface area (Å²) in [6.07, 6.45) is 0.867. The Morgan fingerprint density at radius 1 is 1.00 bits per heavy atom. The van der Waals surface area contributed by atoms with Crippen LogP contribution in [0.5, 0.6) is 0 Å². The summed E-state index contributed by atoms with van der Waals surface area (Å²) >= 11 is 1.35. The van der Waals surface area contributed by atoms with Crippen LogP contribution in [-0.4, -0.2) is 27.3 Å². The van der Waals surface area contributed by atoms with Crippen LogP contribution in [-0.2, 0) is 17.8 Å². The van der Waals surface area contributed by atoms with Crippen LogP contribution in [0, 0.1) is 0 Å². The number of rotatable bonds is 5. The molecule has 5 nitrogen and oxygen atoms in total. The second kappa shape index (κ2) is 8.63. The van der Waals surface area contributed by atoms with Crippen molar-refractivity contribution in [3.8, 4) is 0 Å². The van der Waals surface area contributed by atoms with E-state index in [1.165, 1.54) is 17.3 Å². The summed E-state index contributed by atoms with van der Waals surface area (Å²) < 4.78 is 1.68. The largest absolute Gasteiger partial charge is 0.311 e. The Hall–Kier alpha value is -3.38. The van der Waals surface area contributed by atoms with E-state index in [4.69, 9.17) is 4.98 Å². The van der Waals surface area contributed by atoms with Gasteiger partial charge in [-0.2, -0.15) is 0 Å². The highest BCUT2D eigenvalue weighted by Gasteiger charge is 2.29. The highest BCUT2D eigenvalue weighted by atomic mass is 32.2. The molecule has 6 heteroatoms. The van der Waals surface area contributed by atoms with Crippen LogP contribution in [0.15, 0.2) is 88.8 Å². The fourth-order valence-corrected chi connectivity index (χ4v) is 5.11. The zero-order valence-electron chi connectivity index (χ0n) is 17.8. The summed E-state index contributed by atoms with van der Waals surface area (Å²) in [5, 5.41) is 0.766. The molecule has 0 fully saturated rings. The van der Waals surface area contributed by atoms with Gasteiger partial charge < -0.3 is 4.90 Å². The number of aromatic nitrogens is 2. The molecule has 0 saturated heterocycles.